The average molecular weight is 503 g/mol. The summed E-state index contributed by atoms with van der Waals surface area (Å²) >= 11 is 0. The molecule has 0 atom stereocenters. The van der Waals surface area contributed by atoms with E-state index < -0.39 is 21.5 Å². The molecule has 5 heteroatoms. The third-order valence-corrected chi connectivity index (χ3v) is 7.96. The van der Waals surface area contributed by atoms with Gasteiger partial charge in [0.2, 0.25) is 0 Å². The summed E-state index contributed by atoms with van der Waals surface area (Å²) in [5, 5.41) is 0. The van der Waals surface area contributed by atoms with Crippen LogP contribution in [0.2, 0.25) is 0 Å². The van der Waals surface area contributed by atoms with Crippen LogP contribution in [0.4, 0.5) is 4.39 Å². The summed E-state index contributed by atoms with van der Waals surface area (Å²) in [6.45, 7) is 6.22. The van der Waals surface area contributed by atoms with E-state index in [2.05, 4.69) is 20.8 Å². The number of benzene rings is 4. The monoisotopic (exact) mass is 502 g/mol. The van der Waals surface area contributed by atoms with Crippen LogP contribution in [0.5, 0.6) is 0 Å². The Bertz CT molecular complexity index is 1280. The predicted molar refractivity (Wildman–Crippen MR) is 142 cm³/mol. The molecule has 0 saturated carbocycles. The fraction of sp³-hybridized carbons (Fsp3) is 0.226. The number of halogens is 1. The molecule has 36 heavy (non-hydrogen) atoms. The summed E-state index contributed by atoms with van der Waals surface area (Å²) in [5.41, 5.74) is 4.04. The molecule has 0 N–H and O–H groups in total. The largest absolute Gasteiger partial charge is 0.298 e. The lowest BCUT2D eigenvalue weighted by atomic mass is 9.79. The zero-order valence-electron chi connectivity index (χ0n) is 20.9. The molecule has 0 unspecified atom stereocenters. The standard InChI is InChI=1S/C31H31FO3S/c1-4-23-7-13-26(14-8-23)31(27-15-9-24(5-2)10-16-27,28-17-11-25(6-3)12-18-28)35-36(33,34)30-21-19-29(32)20-22-30/h7-22H,4-6H2,1-3H3. The molecule has 0 radical (unpaired) electrons. The van der Waals surface area contributed by atoms with Gasteiger partial charge in [0.05, 0.1) is 4.90 Å². The minimum atomic E-state index is -4.29. The summed E-state index contributed by atoms with van der Waals surface area (Å²) in [4.78, 5) is -0.103. The predicted octanol–water partition coefficient (Wildman–Crippen LogP) is 7.21. The van der Waals surface area contributed by atoms with Gasteiger partial charge >= 0.3 is 0 Å². The molecule has 0 bridgehead atoms. The maximum Gasteiger partial charge on any atom is 0.298 e. The molecule has 0 aromatic heterocycles. The third kappa shape index (κ3) is 5.13. The Morgan fingerprint density at radius 1 is 0.583 bits per heavy atom. The Hall–Kier alpha value is -3.28. The van der Waals surface area contributed by atoms with Gasteiger partial charge in [-0.1, -0.05) is 93.6 Å². The topological polar surface area (TPSA) is 43.4 Å². The molecule has 0 aliphatic heterocycles. The van der Waals surface area contributed by atoms with E-state index in [9.17, 15) is 12.8 Å². The lowest BCUT2D eigenvalue weighted by Crippen LogP contribution is -2.35. The van der Waals surface area contributed by atoms with Crippen LogP contribution in [0.1, 0.15) is 54.2 Å². The van der Waals surface area contributed by atoms with Gasteiger partial charge in [-0.3, -0.25) is 0 Å². The normalized spacial score (nSPS) is 12.0. The van der Waals surface area contributed by atoms with Crippen LogP contribution < -0.4 is 0 Å². The van der Waals surface area contributed by atoms with Crippen molar-refractivity contribution in [2.24, 2.45) is 0 Å². The Labute approximate surface area is 213 Å². The molecule has 0 aliphatic carbocycles. The van der Waals surface area contributed by atoms with Crippen LogP contribution in [-0.2, 0) is 39.2 Å². The Kier molecular flexibility index (Phi) is 7.72. The van der Waals surface area contributed by atoms with E-state index in [1.54, 1.807) is 0 Å². The zero-order chi connectivity index (χ0) is 25.8. The molecule has 0 aliphatic rings. The van der Waals surface area contributed by atoms with Crippen molar-refractivity contribution in [1.82, 2.24) is 0 Å². The van der Waals surface area contributed by atoms with Gasteiger partial charge in [0.1, 0.15) is 5.82 Å². The van der Waals surface area contributed by atoms with E-state index in [0.29, 0.717) is 16.7 Å². The van der Waals surface area contributed by atoms with Gasteiger partial charge < -0.3 is 0 Å². The summed E-state index contributed by atoms with van der Waals surface area (Å²) in [7, 11) is -4.29. The zero-order valence-corrected chi connectivity index (χ0v) is 21.7. The molecule has 3 nitrogen and oxygen atoms in total. The third-order valence-electron chi connectivity index (χ3n) is 6.64. The van der Waals surface area contributed by atoms with Gasteiger partial charge in [0.25, 0.3) is 10.1 Å². The van der Waals surface area contributed by atoms with Crippen molar-refractivity contribution >= 4 is 10.1 Å². The molecule has 0 spiro atoms. The van der Waals surface area contributed by atoms with E-state index >= 15 is 0 Å². The van der Waals surface area contributed by atoms with Crippen molar-refractivity contribution in [3.8, 4) is 0 Å². The van der Waals surface area contributed by atoms with Crippen molar-refractivity contribution in [3.05, 3.63) is 136 Å². The summed E-state index contributed by atoms with van der Waals surface area (Å²) in [6, 6.07) is 28.3. The van der Waals surface area contributed by atoms with Gasteiger partial charge in [-0.15, -0.1) is 0 Å². The van der Waals surface area contributed by atoms with Crippen LogP contribution in [0, 0.1) is 5.82 Å². The number of rotatable bonds is 9. The molecular weight excluding hydrogens is 471 g/mol. The molecule has 4 aromatic carbocycles. The molecule has 4 aromatic rings. The quantitative estimate of drug-likeness (QED) is 0.179. The second kappa shape index (κ2) is 10.8. The first-order valence-corrected chi connectivity index (χ1v) is 13.7. The highest BCUT2D eigenvalue weighted by molar-refractivity contribution is 7.86. The van der Waals surface area contributed by atoms with Crippen LogP contribution >= 0.6 is 0 Å². The smallest absolute Gasteiger partial charge is 0.245 e. The Balaban J connectivity index is 2.01. The van der Waals surface area contributed by atoms with E-state index in [1.165, 1.54) is 12.1 Å². The molecular formula is C31H31FO3S. The fourth-order valence-corrected chi connectivity index (χ4v) is 5.57. The van der Waals surface area contributed by atoms with E-state index in [0.717, 1.165) is 48.1 Å². The second-order valence-electron chi connectivity index (χ2n) is 8.82. The molecule has 4 rings (SSSR count). The van der Waals surface area contributed by atoms with Crippen molar-refractivity contribution in [2.75, 3.05) is 0 Å². The van der Waals surface area contributed by atoms with Gasteiger partial charge in [-0.25, -0.2) is 8.57 Å². The number of hydrogen-bond acceptors (Lipinski definition) is 3. The first kappa shape index (κ1) is 25.8. The highest BCUT2D eigenvalue weighted by Crippen LogP contribution is 2.43. The van der Waals surface area contributed by atoms with Crippen LogP contribution in [0.15, 0.2) is 102 Å². The Morgan fingerprint density at radius 2 is 0.917 bits per heavy atom. The maximum atomic E-state index is 13.7. The Morgan fingerprint density at radius 3 is 1.22 bits per heavy atom. The highest BCUT2D eigenvalue weighted by Gasteiger charge is 2.42. The van der Waals surface area contributed by atoms with E-state index in [-0.39, 0.29) is 4.90 Å². The number of aryl methyl sites for hydroxylation is 3. The molecule has 0 fully saturated rings. The number of hydrogen-bond donors (Lipinski definition) is 0. The first-order valence-electron chi connectivity index (χ1n) is 12.3. The van der Waals surface area contributed by atoms with Crippen molar-refractivity contribution in [2.45, 2.75) is 50.5 Å². The van der Waals surface area contributed by atoms with Crippen LogP contribution in [-0.4, -0.2) is 8.42 Å². The van der Waals surface area contributed by atoms with Gasteiger partial charge in [-0.05, 0) is 76.9 Å². The second-order valence-corrected chi connectivity index (χ2v) is 10.4. The molecule has 0 saturated heterocycles. The van der Waals surface area contributed by atoms with E-state index in [1.807, 2.05) is 72.8 Å². The minimum Gasteiger partial charge on any atom is -0.245 e. The van der Waals surface area contributed by atoms with Crippen molar-refractivity contribution in [3.63, 3.8) is 0 Å². The summed E-state index contributed by atoms with van der Waals surface area (Å²) < 4.78 is 47.3. The van der Waals surface area contributed by atoms with Crippen molar-refractivity contribution < 1.29 is 17.0 Å². The van der Waals surface area contributed by atoms with E-state index in [4.69, 9.17) is 4.18 Å². The first-order chi connectivity index (χ1) is 17.3. The van der Waals surface area contributed by atoms with Gasteiger partial charge in [0.15, 0.2) is 5.60 Å². The molecule has 0 heterocycles. The molecule has 0 amide bonds. The van der Waals surface area contributed by atoms with Gasteiger partial charge in [-0.2, -0.15) is 8.42 Å². The average Bonchev–Trinajstić information content (AvgIpc) is 2.92. The highest BCUT2D eigenvalue weighted by atomic mass is 32.2. The lowest BCUT2D eigenvalue weighted by Gasteiger charge is -2.35. The minimum absolute atomic E-state index is 0.103. The lowest BCUT2D eigenvalue weighted by molar-refractivity contribution is 0.164. The van der Waals surface area contributed by atoms with Crippen LogP contribution in [0.3, 0.4) is 0 Å². The fourth-order valence-electron chi connectivity index (χ4n) is 4.38. The maximum absolute atomic E-state index is 13.7. The summed E-state index contributed by atoms with van der Waals surface area (Å²) in [5.74, 6) is -0.513. The SMILES string of the molecule is CCc1ccc(C(OS(=O)(=O)c2ccc(F)cc2)(c2ccc(CC)cc2)c2ccc(CC)cc2)cc1. The van der Waals surface area contributed by atoms with Crippen LogP contribution in [0.25, 0.3) is 0 Å². The van der Waals surface area contributed by atoms with Gasteiger partial charge in [0, 0.05) is 0 Å². The van der Waals surface area contributed by atoms with Crippen molar-refractivity contribution in [1.29, 1.82) is 0 Å². The summed E-state index contributed by atoms with van der Waals surface area (Å²) in [6.07, 6.45) is 2.58. The molecule has 186 valence electrons.